The van der Waals surface area contributed by atoms with Gasteiger partial charge in [-0.25, -0.2) is 0 Å². The van der Waals surface area contributed by atoms with Gasteiger partial charge in [0.1, 0.15) is 0 Å². The second-order valence-electron chi connectivity index (χ2n) is 5.17. The normalized spacial score (nSPS) is 11.4. The van der Waals surface area contributed by atoms with Crippen molar-refractivity contribution in [3.05, 3.63) is 29.8 Å². The maximum atomic E-state index is 11.9. The van der Waals surface area contributed by atoms with Gasteiger partial charge in [0.05, 0.1) is 13.6 Å². The van der Waals surface area contributed by atoms with Crippen LogP contribution in [-0.4, -0.2) is 51.5 Å². The van der Waals surface area contributed by atoms with Crippen LogP contribution in [0.3, 0.4) is 0 Å². The van der Waals surface area contributed by atoms with Crippen LogP contribution < -0.4 is 20.9 Å². The first-order valence-electron chi connectivity index (χ1n) is 7.06. The third-order valence-corrected chi connectivity index (χ3v) is 2.98. The molecule has 0 radical (unpaired) electrons. The van der Waals surface area contributed by atoms with Crippen LogP contribution in [0.2, 0.25) is 0 Å². The molecule has 0 spiro atoms. The van der Waals surface area contributed by atoms with Gasteiger partial charge in [-0.3, -0.25) is 14.4 Å². The molecule has 0 aliphatic carbocycles. The third-order valence-electron chi connectivity index (χ3n) is 2.98. The van der Waals surface area contributed by atoms with E-state index in [9.17, 15) is 14.4 Å². The molecule has 1 unspecified atom stereocenters. The Morgan fingerprint density at radius 1 is 1.00 bits per heavy atom. The van der Waals surface area contributed by atoms with Gasteiger partial charge in [0.15, 0.2) is 13.1 Å². The van der Waals surface area contributed by atoms with Crippen LogP contribution in [0.15, 0.2) is 24.3 Å². The maximum Gasteiger partial charge on any atom is 0.279 e. The van der Waals surface area contributed by atoms with Crippen molar-refractivity contribution in [3.8, 4) is 0 Å². The zero-order chi connectivity index (χ0) is 16.5. The number of likely N-dealkylation sites (N-methyl/N-ethyl adjacent to an activating group) is 2. The van der Waals surface area contributed by atoms with Gasteiger partial charge in [-0.15, -0.1) is 0 Å². The summed E-state index contributed by atoms with van der Waals surface area (Å²) in [6, 6.07) is 7.49. The Hall–Kier alpha value is -2.41. The minimum atomic E-state index is -0.274. The molecule has 7 heteroatoms. The van der Waals surface area contributed by atoms with Gasteiger partial charge in [-0.1, -0.05) is 17.7 Å². The molecule has 0 aromatic heterocycles. The molecule has 1 aromatic carbocycles. The molecule has 3 amide bonds. The Bertz CT molecular complexity index is 528. The number of hydrogen-bond donors (Lipinski definition) is 4. The lowest BCUT2D eigenvalue weighted by atomic mass is 10.2. The van der Waals surface area contributed by atoms with Crippen molar-refractivity contribution in [1.82, 2.24) is 10.6 Å². The van der Waals surface area contributed by atoms with Crippen molar-refractivity contribution in [2.75, 3.05) is 39.0 Å². The predicted octanol–water partition coefficient (Wildman–Crippen LogP) is -1.69. The monoisotopic (exact) mass is 307 g/mol. The highest BCUT2D eigenvalue weighted by atomic mass is 16.2. The van der Waals surface area contributed by atoms with E-state index in [0.717, 1.165) is 16.2 Å². The van der Waals surface area contributed by atoms with Gasteiger partial charge in [-0.05, 0) is 19.1 Å². The summed E-state index contributed by atoms with van der Waals surface area (Å²) in [5.41, 5.74) is 1.85. The highest BCUT2D eigenvalue weighted by Crippen LogP contribution is 2.07. The van der Waals surface area contributed by atoms with Crippen LogP contribution >= 0.6 is 0 Å². The molecular weight excluding hydrogens is 284 g/mol. The summed E-state index contributed by atoms with van der Waals surface area (Å²) in [5, 5.41) is 7.68. The number of aryl methyl sites for hydroxylation is 1. The van der Waals surface area contributed by atoms with Crippen molar-refractivity contribution in [3.63, 3.8) is 0 Å². The van der Waals surface area contributed by atoms with Gasteiger partial charge in [0, 0.05) is 12.7 Å². The van der Waals surface area contributed by atoms with Gasteiger partial charge >= 0.3 is 0 Å². The van der Waals surface area contributed by atoms with Crippen molar-refractivity contribution in [1.29, 1.82) is 0 Å². The zero-order valence-electron chi connectivity index (χ0n) is 13.2. The summed E-state index contributed by atoms with van der Waals surface area (Å²) in [4.78, 5) is 35.2. The standard InChI is InChI=1S/C15H22N4O3/c1-11-4-6-12(7-5-11)18-15(22)10-19(3)9-14(21)17-8-13(20)16-2/h4-7H,8-10H2,1-3H3,(H,16,20)(H,17,21)(H,18,22)/p+1. The van der Waals surface area contributed by atoms with E-state index >= 15 is 0 Å². The number of anilines is 1. The van der Waals surface area contributed by atoms with Gasteiger partial charge < -0.3 is 20.9 Å². The lowest BCUT2D eigenvalue weighted by molar-refractivity contribution is -0.862. The molecule has 7 nitrogen and oxygen atoms in total. The van der Waals surface area contributed by atoms with Crippen molar-refractivity contribution in [2.24, 2.45) is 0 Å². The second kappa shape index (κ2) is 8.78. The number of benzene rings is 1. The van der Waals surface area contributed by atoms with Crippen LogP contribution in [0.5, 0.6) is 0 Å². The van der Waals surface area contributed by atoms with Crippen molar-refractivity contribution < 1.29 is 19.3 Å². The first kappa shape index (κ1) is 17.6. The fourth-order valence-electron chi connectivity index (χ4n) is 1.78. The molecular formula is C15H23N4O3+. The highest BCUT2D eigenvalue weighted by molar-refractivity contribution is 5.91. The average Bonchev–Trinajstić information content (AvgIpc) is 2.46. The molecule has 0 aliphatic rings. The average molecular weight is 307 g/mol. The van der Waals surface area contributed by atoms with E-state index in [1.807, 2.05) is 31.2 Å². The van der Waals surface area contributed by atoms with Gasteiger partial charge in [0.25, 0.3) is 11.8 Å². The van der Waals surface area contributed by atoms with Gasteiger partial charge in [0.2, 0.25) is 5.91 Å². The van der Waals surface area contributed by atoms with E-state index < -0.39 is 0 Å². The van der Waals surface area contributed by atoms with Crippen LogP contribution in [-0.2, 0) is 14.4 Å². The van der Waals surface area contributed by atoms with E-state index in [1.54, 1.807) is 7.05 Å². The Balaban J connectivity index is 2.33. The molecule has 120 valence electrons. The lowest BCUT2D eigenvalue weighted by Crippen LogP contribution is -3.11. The SMILES string of the molecule is CNC(=O)CNC(=O)C[NH+](C)CC(=O)Nc1ccc(C)cc1. The highest BCUT2D eigenvalue weighted by Gasteiger charge is 2.14. The maximum absolute atomic E-state index is 11.9. The number of quaternary nitrogens is 1. The van der Waals surface area contributed by atoms with Crippen LogP contribution in [0.1, 0.15) is 5.56 Å². The van der Waals surface area contributed by atoms with Crippen molar-refractivity contribution >= 4 is 23.4 Å². The lowest BCUT2D eigenvalue weighted by Gasteiger charge is -2.13. The Kier molecular flexibility index (Phi) is 7.04. The fourth-order valence-corrected chi connectivity index (χ4v) is 1.78. The summed E-state index contributed by atoms with van der Waals surface area (Å²) in [5.74, 6) is -0.701. The topological polar surface area (TPSA) is 91.7 Å². The molecule has 1 aromatic rings. The Morgan fingerprint density at radius 3 is 2.18 bits per heavy atom. The second-order valence-corrected chi connectivity index (χ2v) is 5.17. The predicted molar refractivity (Wildman–Crippen MR) is 83.5 cm³/mol. The summed E-state index contributed by atoms with van der Waals surface area (Å²) >= 11 is 0. The molecule has 0 bridgehead atoms. The minimum absolute atomic E-state index is 0.0574. The summed E-state index contributed by atoms with van der Waals surface area (Å²) in [7, 11) is 3.25. The molecule has 4 N–H and O–H groups in total. The van der Waals surface area contributed by atoms with Crippen molar-refractivity contribution in [2.45, 2.75) is 6.92 Å². The van der Waals surface area contributed by atoms with E-state index in [0.29, 0.717) is 0 Å². The molecule has 1 atom stereocenters. The summed E-state index contributed by atoms with van der Waals surface area (Å²) in [6.45, 7) is 2.21. The van der Waals surface area contributed by atoms with Gasteiger partial charge in [-0.2, -0.15) is 0 Å². The quantitative estimate of drug-likeness (QED) is 0.484. The Morgan fingerprint density at radius 2 is 1.59 bits per heavy atom. The molecule has 0 aliphatic heterocycles. The summed E-state index contributed by atoms with van der Waals surface area (Å²) in [6.07, 6.45) is 0. The fraction of sp³-hybridized carbons (Fsp3) is 0.400. The van der Waals surface area contributed by atoms with Crippen LogP contribution in [0.25, 0.3) is 0 Å². The van der Waals surface area contributed by atoms with E-state index in [-0.39, 0.29) is 37.4 Å². The van der Waals surface area contributed by atoms with Crippen LogP contribution in [0.4, 0.5) is 5.69 Å². The zero-order valence-corrected chi connectivity index (χ0v) is 13.2. The molecule has 1 rings (SSSR count). The number of hydrogen-bond acceptors (Lipinski definition) is 3. The first-order valence-corrected chi connectivity index (χ1v) is 7.06. The van der Waals surface area contributed by atoms with E-state index in [1.165, 1.54) is 7.05 Å². The van der Waals surface area contributed by atoms with E-state index in [2.05, 4.69) is 16.0 Å². The smallest absolute Gasteiger partial charge is 0.279 e. The Labute approximate surface area is 130 Å². The van der Waals surface area contributed by atoms with Crippen LogP contribution in [0, 0.1) is 6.92 Å². The third kappa shape index (κ3) is 6.85. The molecule has 0 fully saturated rings. The number of amides is 3. The number of carbonyl (C=O) groups excluding carboxylic acids is 3. The molecule has 0 saturated heterocycles. The first-order chi connectivity index (χ1) is 10.4. The number of rotatable bonds is 7. The minimum Gasteiger partial charge on any atom is -0.358 e. The largest absolute Gasteiger partial charge is 0.358 e. The number of nitrogens with one attached hydrogen (secondary N) is 4. The number of carbonyl (C=O) groups is 3. The van der Waals surface area contributed by atoms with E-state index in [4.69, 9.17) is 0 Å². The molecule has 0 saturated carbocycles. The molecule has 22 heavy (non-hydrogen) atoms. The molecule has 0 heterocycles. The summed E-state index contributed by atoms with van der Waals surface area (Å²) < 4.78 is 0.